The molecule has 1 unspecified atom stereocenters. The molecule has 0 saturated heterocycles. The van der Waals surface area contributed by atoms with Gasteiger partial charge in [-0.2, -0.15) is 4.68 Å². The molecule has 1 N–H and O–H groups in total. The van der Waals surface area contributed by atoms with Crippen LogP contribution in [0.2, 0.25) is 0 Å². The molecule has 0 bridgehead atoms. The number of nitrogens with zero attached hydrogens (tertiary/aromatic N) is 4. The number of carbonyl (C=O) groups is 1. The normalized spacial score (nSPS) is 11.7. The summed E-state index contributed by atoms with van der Waals surface area (Å²) in [5.74, 6) is 0.508. The molecule has 0 aliphatic rings. The summed E-state index contributed by atoms with van der Waals surface area (Å²) >= 11 is 1.28. The molecular formula is C23H21N5O2S. The van der Waals surface area contributed by atoms with E-state index in [1.807, 2.05) is 85.8 Å². The first kappa shape index (κ1) is 20.6. The molecule has 8 heteroatoms. The molecule has 0 aliphatic carbocycles. The predicted molar refractivity (Wildman–Crippen MR) is 122 cm³/mol. The quantitative estimate of drug-likeness (QED) is 0.435. The number of thioether (sulfide) groups is 1. The Morgan fingerprint density at radius 2 is 1.71 bits per heavy atom. The van der Waals surface area contributed by atoms with Crippen LogP contribution in [-0.4, -0.2) is 38.5 Å². The van der Waals surface area contributed by atoms with E-state index in [0.717, 1.165) is 16.8 Å². The highest BCUT2D eigenvalue weighted by molar-refractivity contribution is 8.00. The molecule has 4 aromatic rings. The zero-order valence-corrected chi connectivity index (χ0v) is 17.9. The smallest absolute Gasteiger partial charge is 0.237 e. The fraction of sp³-hybridized carbons (Fsp3) is 0.130. The highest BCUT2D eigenvalue weighted by atomic mass is 32.2. The van der Waals surface area contributed by atoms with E-state index in [1.165, 1.54) is 11.8 Å². The van der Waals surface area contributed by atoms with Crippen molar-refractivity contribution < 1.29 is 9.53 Å². The second kappa shape index (κ2) is 9.44. The van der Waals surface area contributed by atoms with Gasteiger partial charge in [0.1, 0.15) is 11.4 Å². The van der Waals surface area contributed by atoms with Gasteiger partial charge in [0.25, 0.3) is 0 Å². The van der Waals surface area contributed by atoms with Crippen molar-refractivity contribution in [2.75, 3.05) is 12.4 Å². The van der Waals surface area contributed by atoms with Crippen LogP contribution >= 0.6 is 11.8 Å². The molecule has 0 fully saturated rings. The third-order valence-corrected chi connectivity index (χ3v) is 5.71. The molecule has 156 valence electrons. The molecule has 1 heterocycles. The van der Waals surface area contributed by atoms with Crippen LogP contribution in [0.5, 0.6) is 5.75 Å². The molecule has 0 radical (unpaired) electrons. The minimum absolute atomic E-state index is 0.136. The molecule has 0 saturated carbocycles. The lowest BCUT2D eigenvalue weighted by atomic mass is 10.0. The van der Waals surface area contributed by atoms with E-state index in [1.54, 1.807) is 11.8 Å². The third kappa shape index (κ3) is 4.59. The van der Waals surface area contributed by atoms with Gasteiger partial charge in [-0.3, -0.25) is 4.79 Å². The summed E-state index contributed by atoms with van der Waals surface area (Å²) in [6, 6.07) is 25.2. The van der Waals surface area contributed by atoms with Gasteiger partial charge in [-0.15, -0.1) is 5.10 Å². The summed E-state index contributed by atoms with van der Waals surface area (Å²) in [6.07, 6.45) is 0. The number of nitrogens with one attached hydrogen (secondary N) is 1. The number of anilines is 1. The van der Waals surface area contributed by atoms with Crippen LogP contribution < -0.4 is 10.1 Å². The number of tetrazole rings is 1. The maximum Gasteiger partial charge on any atom is 0.237 e. The average Bonchev–Trinajstić information content (AvgIpc) is 3.27. The van der Waals surface area contributed by atoms with Crippen molar-refractivity contribution in [2.24, 2.45) is 0 Å². The van der Waals surface area contributed by atoms with Gasteiger partial charge >= 0.3 is 0 Å². The number of hydrogen-bond acceptors (Lipinski definition) is 6. The summed E-state index contributed by atoms with van der Waals surface area (Å²) in [7, 11) is 1.59. The Hall–Kier alpha value is -3.65. The van der Waals surface area contributed by atoms with Crippen molar-refractivity contribution in [1.82, 2.24) is 20.2 Å². The third-order valence-electron chi connectivity index (χ3n) is 4.68. The first-order chi connectivity index (χ1) is 15.2. The number of para-hydroxylation sites is 3. The Balaban J connectivity index is 1.52. The maximum absolute atomic E-state index is 13.0. The Kier molecular flexibility index (Phi) is 6.28. The van der Waals surface area contributed by atoms with Gasteiger partial charge in [-0.1, -0.05) is 72.4 Å². The fourth-order valence-corrected chi connectivity index (χ4v) is 3.92. The summed E-state index contributed by atoms with van der Waals surface area (Å²) in [4.78, 5) is 13.0. The van der Waals surface area contributed by atoms with Gasteiger partial charge in [0, 0.05) is 11.3 Å². The summed E-state index contributed by atoms with van der Waals surface area (Å²) in [6.45, 7) is 1.83. The predicted octanol–water partition coefficient (Wildman–Crippen LogP) is 4.46. The first-order valence-corrected chi connectivity index (χ1v) is 10.6. The molecule has 7 nitrogen and oxygen atoms in total. The SMILES string of the molecule is COc1ccccc1-n1nnnc1SC(C)C(=O)Nc1ccccc1-c1ccccc1. The molecule has 1 amide bonds. The lowest BCUT2D eigenvalue weighted by Crippen LogP contribution is -2.23. The highest BCUT2D eigenvalue weighted by Crippen LogP contribution is 2.30. The standard InChI is InChI=1S/C23H21N5O2S/c1-16(31-23-25-26-27-28(23)20-14-8-9-15-21(20)30-2)22(29)24-19-13-7-6-12-18(19)17-10-4-3-5-11-17/h3-16H,1-2H3,(H,24,29). The highest BCUT2D eigenvalue weighted by Gasteiger charge is 2.21. The number of methoxy groups -OCH3 is 1. The van der Waals surface area contributed by atoms with Gasteiger partial charge in [0.15, 0.2) is 0 Å². The van der Waals surface area contributed by atoms with E-state index < -0.39 is 5.25 Å². The Bertz CT molecular complexity index is 1180. The van der Waals surface area contributed by atoms with Crippen LogP contribution in [0.4, 0.5) is 5.69 Å². The van der Waals surface area contributed by atoms with E-state index in [9.17, 15) is 4.79 Å². The topological polar surface area (TPSA) is 81.9 Å². The second-order valence-electron chi connectivity index (χ2n) is 6.71. The number of amides is 1. The van der Waals surface area contributed by atoms with Crippen molar-refractivity contribution in [3.8, 4) is 22.6 Å². The lowest BCUT2D eigenvalue weighted by molar-refractivity contribution is -0.115. The van der Waals surface area contributed by atoms with Crippen molar-refractivity contribution in [2.45, 2.75) is 17.3 Å². The van der Waals surface area contributed by atoms with Gasteiger partial charge in [0.05, 0.1) is 12.4 Å². The molecule has 0 spiro atoms. The minimum Gasteiger partial charge on any atom is -0.494 e. The van der Waals surface area contributed by atoms with Crippen LogP contribution in [0, 0.1) is 0 Å². The number of rotatable bonds is 7. The molecular weight excluding hydrogens is 410 g/mol. The fourth-order valence-electron chi connectivity index (χ4n) is 3.12. The second-order valence-corrected chi connectivity index (χ2v) is 8.01. The van der Waals surface area contributed by atoms with Gasteiger partial charge in [-0.05, 0) is 41.1 Å². The number of benzene rings is 3. The first-order valence-electron chi connectivity index (χ1n) is 9.71. The van der Waals surface area contributed by atoms with E-state index >= 15 is 0 Å². The molecule has 1 aromatic heterocycles. The number of aromatic nitrogens is 4. The summed E-state index contributed by atoms with van der Waals surface area (Å²) < 4.78 is 6.98. The van der Waals surface area contributed by atoms with Crippen molar-refractivity contribution in [3.05, 3.63) is 78.9 Å². The van der Waals surface area contributed by atoms with Crippen molar-refractivity contribution in [3.63, 3.8) is 0 Å². The lowest BCUT2D eigenvalue weighted by Gasteiger charge is -2.15. The Labute approximate surface area is 184 Å². The maximum atomic E-state index is 13.0. The van der Waals surface area contributed by atoms with E-state index in [-0.39, 0.29) is 5.91 Å². The van der Waals surface area contributed by atoms with E-state index in [0.29, 0.717) is 16.6 Å². The molecule has 0 aliphatic heterocycles. The number of carbonyl (C=O) groups excluding carboxylic acids is 1. The van der Waals surface area contributed by atoms with Gasteiger partial charge in [-0.25, -0.2) is 0 Å². The average molecular weight is 432 g/mol. The summed E-state index contributed by atoms with van der Waals surface area (Å²) in [5.41, 5.74) is 3.47. The molecule has 1 atom stereocenters. The van der Waals surface area contributed by atoms with Crippen LogP contribution in [0.25, 0.3) is 16.8 Å². The molecule has 4 rings (SSSR count). The Morgan fingerprint density at radius 3 is 2.52 bits per heavy atom. The number of ether oxygens (including phenoxy) is 1. The van der Waals surface area contributed by atoms with Crippen LogP contribution in [0.15, 0.2) is 84.0 Å². The zero-order valence-electron chi connectivity index (χ0n) is 17.1. The summed E-state index contributed by atoms with van der Waals surface area (Å²) in [5, 5.41) is 15.1. The van der Waals surface area contributed by atoms with Gasteiger partial charge in [0.2, 0.25) is 11.1 Å². The molecule has 3 aromatic carbocycles. The van der Waals surface area contributed by atoms with Crippen molar-refractivity contribution in [1.29, 1.82) is 0 Å². The van der Waals surface area contributed by atoms with E-state index in [2.05, 4.69) is 20.8 Å². The minimum atomic E-state index is -0.428. The monoisotopic (exact) mass is 431 g/mol. The molecule has 31 heavy (non-hydrogen) atoms. The van der Waals surface area contributed by atoms with E-state index in [4.69, 9.17) is 4.74 Å². The van der Waals surface area contributed by atoms with Gasteiger partial charge < -0.3 is 10.1 Å². The van der Waals surface area contributed by atoms with Crippen LogP contribution in [0.1, 0.15) is 6.92 Å². The van der Waals surface area contributed by atoms with Crippen LogP contribution in [0.3, 0.4) is 0 Å². The Morgan fingerprint density at radius 1 is 1.00 bits per heavy atom. The van der Waals surface area contributed by atoms with Crippen molar-refractivity contribution >= 4 is 23.4 Å². The zero-order chi connectivity index (χ0) is 21.6. The largest absolute Gasteiger partial charge is 0.494 e. The number of hydrogen-bond donors (Lipinski definition) is 1. The van der Waals surface area contributed by atoms with Crippen LogP contribution in [-0.2, 0) is 4.79 Å².